The Morgan fingerprint density at radius 3 is 2.72 bits per heavy atom. The van der Waals surface area contributed by atoms with Gasteiger partial charge in [-0.2, -0.15) is 0 Å². The van der Waals surface area contributed by atoms with Crippen molar-refractivity contribution in [3.8, 4) is 0 Å². The molecular formula is C15H23FN2. The number of nitrogens with one attached hydrogen (secondary N) is 1. The molecule has 0 radical (unpaired) electrons. The highest BCUT2D eigenvalue weighted by atomic mass is 19.1. The van der Waals surface area contributed by atoms with E-state index in [-0.39, 0.29) is 11.9 Å². The van der Waals surface area contributed by atoms with Gasteiger partial charge in [-0.25, -0.2) is 4.39 Å². The van der Waals surface area contributed by atoms with Gasteiger partial charge < -0.3 is 10.2 Å². The van der Waals surface area contributed by atoms with Crippen LogP contribution in [0.4, 0.5) is 10.1 Å². The molecule has 0 bridgehead atoms. The molecular weight excluding hydrogens is 227 g/mol. The summed E-state index contributed by atoms with van der Waals surface area (Å²) >= 11 is 0. The molecule has 1 fully saturated rings. The molecule has 2 nitrogen and oxygen atoms in total. The Labute approximate surface area is 109 Å². The van der Waals surface area contributed by atoms with Crippen molar-refractivity contribution < 1.29 is 4.39 Å². The van der Waals surface area contributed by atoms with Gasteiger partial charge in [-0.3, -0.25) is 0 Å². The first kappa shape index (κ1) is 13.3. The number of nitrogens with zero attached hydrogens (tertiary/aromatic N) is 1. The van der Waals surface area contributed by atoms with E-state index in [0.717, 1.165) is 24.2 Å². The van der Waals surface area contributed by atoms with E-state index in [2.05, 4.69) is 23.2 Å². The van der Waals surface area contributed by atoms with Crippen LogP contribution in [0.5, 0.6) is 0 Å². The zero-order valence-corrected chi connectivity index (χ0v) is 11.5. The summed E-state index contributed by atoms with van der Waals surface area (Å²) < 4.78 is 14.1. The number of hydrogen-bond acceptors (Lipinski definition) is 2. The van der Waals surface area contributed by atoms with Crippen LogP contribution in [-0.4, -0.2) is 19.6 Å². The largest absolute Gasteiger partial charge is 0.368 e. The van der Waals surface area contributed by atoms with Crippen LogP contribution >= 0.6 is 0 Å². The van der Waals surface area contributed by atoms with Crippen molar-refractivity contribution in [2.75, 3.05) is 18.5 Å². The fourth-order valence-corrected chi connectivity index (χ4v) is 2.48. The lowest BCUT2D eigenvalue weighted by atomic mass is 10.0. The molecule has 1 aromatic carbocycles. The molecule has 0 amide bonds. The normalized spacial score (nSPS) is 16.7. The molecule has 3 heteroatoms. The summed E-state index contributed by atoms with van der Waals surface area (Å²) in [5.74, 6) is -0.101. The quantitative estimate of drug-likeness (QED) is 0.831. The van der Waals surface area contributed by atoms with Crippen molar-refractivity contribution in [3.63, 3.8) is 0 Å². The van der Waals surface area contributed by atoms with Crippen LogP contribution in [-0.2, 0) is 0 Å². The molecule has 0 saturated heterocycles. The van der Waals surface area contributed by atoms with Gasteiger partial charge in [0.05, 0.1) is 0 Å². The van der Waals surface area contributed by atoms with Crippen molar-refractivity contribution in [1.82, 2.24) is 5.32 Å². The Bertz CT molecular complexity index is 401. The summed E-state index contributed by atoms with van der Waals surface area (Å²) in [6.45, 7) is 5.20. The van der Waals surface area contributed by atoms with Crippen LogP contribution in [0.15, 0.2) is 18.2 Å². The Balaban J connectivity index is 2.38. The highest BCUT2D eigenvalue weighted by molar-refractivity contribution is 5.57. The van der Waals surface area contributed by atoms with Gasteiger partial charge in [0.25, 0.3) is 0 Å². The standard InChI is InChI=1S/C15H23FN2/c1-4-10-18(12-8-9-12)14-7-5-6-13(16)15(14)11(2)17-3/h5-7,11-12,17H,4,8-10H2,1-3H3. The topological polar surface area (TPSA) is 15.3 Å². The molecule has 1 aliphatic rings. The van der Waals surface area contributed by atoms with E-state index in [1.807, 2.05) is 20.0 Å². The van der Waals surface area contributed by atoms with Gasteiger partial charge in [0.15, 0.2) is 0 Å². The van der Waals surface area contributed by atoms with Crippen molar-refractivity contribution in [3.05, 3.63) is 29.6 Å². The minimum Gasteiger partial charge on any atom is -0.368 e. The molecule has 1 saturated carbocycles. The molecule has 0 aromatic heterocycles. The van der Waals surface area contributed by atoms with Crippen molar-refractivity contribution in [1.29, 1.82) is 0 Å². The van der Waals surface area contributed by atoms with Gasteiger partial charge in [-0.1, -0.05) is 13.0 Å². The van der Waals surface area contributed by atoms with E-state index < -0.39 is 0 Å². The Kier molecular flexibility index (Phi) is 4.23. The number of halogens is 1. The lowest BCUT2D eigenvalue weighted by Gasteiger charge is -2.29. The predicted molar refractivity (Wildman–Crippen MR) is 74.5 cm³/mol. The smallest absolute Gasteiger partial charge is 0.130 e. The maximum absolute atomic E-state index is 14.1. The second kappa shape index (κ2) is 5.70. The van der Waals surface area contributed by atoms with Crippen LogP contribution in [0.2, 0.25) is 0 Å². The fourth-order valence-electron chi connectivity index (χ4n) is 2.48. The molecule has 0 heterocycles. The second-order valence-electron chi connectivity index (χ2n) is 5.11. The highest BCUT2D eigenvalue weighted by Crippen LogP contribution is 2.36. The number of rotatable bonds is 6. The summed E-state index contributed by atoms with van der Waals surface area (Å²) in [6, 6.07) is 6.10. The van der Waals surface area contributed by atoms with E-state index in [4.69, 9.17) is 0 Å². The zero-order valence-electron chi connectivity index (χ0n) is 11.5. The minimum absolute atomic E-state index is 0.0410. The molecule has 2 rings (SSSR count). The summed E-state index contributed by atoms with van der Waals surface area (Å²) in [4.78, 5) is 2.38. The van der Waals surface area contributed by atoms with Gasteiger partial charge in [-0.05, 0) is 45.4 Å². The maximum Gasteiger partial charge on any atom is 0.130 e. The van der Waals surface area contributed by atoms with Gasteiger partial charge in [0.2, 0.25) is 0 Å². The Morgan fingerprint density at radius 1 is 1.44 bits per heavy atom. The highest BCUT2D eigenvalue weighted by Gasteiger charge is 2.31. The number of benzene rings is 1. The molecule has 0 spiro atoms. The average Bonchev–Trinajstić information content (AvgIpc) is 3.19. The minimum atomic E-state index is -0.101. The Morgan fingerprint density at radius 2 is 2.17 bits per heavy atom. The first-order chi connectivity index (χ1) is 8.69. The molecule has 1 atom stereocenters. The third-order valence-corrected chi connectivity index (χ3v) is 3.66. The number of anilines is 1. The van der Waals surface area contributed by atoms with Gasteiger partial charge in [0.1, 0.15) is 5.82 Å². The first-order valence-electron chi connectivity index (χ1n) is 6.91. The third kappa shape index (κ3) is 2.66. The Hall–Kier alpha value is -1.09. The average molecular weight is 250 g/mol. The molecule has 1 N–H and O–H groups in total. The zero-order chi connectivity index (χ0) is 13.1. The van der Waals surface area contributed by atoms with Gasteiger partial charge in [-0.15, -0.1) is 0 Å². The van der Waals surface area contributed by atoms with E-state index in [9.17, 15) is 4.39 Å². The summed E-state index contributed by atoms with van der Waals surface area (Å²) in [5, 5.41) is 3.15. The molecule has 1 unspecified atom stereocenters. The van der Waals surface area contributed by atoms with E-state index >= 15 is 0 Å². The van der Waals surface area contributed by atoms with Crippen LogP contribution in [0, 0.1) is 5.82 Å². The van der Waals surface area contributed by atoms with Crippen molar-refractivity contribution in [2.24, 2.45) is 0 Å². The lowest BCUT2D eigenvalue weighted by Crippen LogP contribution is -2.29. The lowest BCUT2D eigenvalue weighted by molar-refractivity contribution is 0.558. The van der Waals surface area contributed by atoms with E-state index in [0.29, 0.717) is 6.04 Å². The van der Waals surface area contributed by atoms with Crippen molar-refractivity contribution >= 4 is 5.69 Å². The van der Waals surface area contributed by atoms with Gasteiger partial charge >= 0.3 is 0 Å². The predicted octanol–water partition coefficient (Wildman–Crippen LogP) is 3.48. The SMILES string of the molecule is CCCN(c1cccc(F)c1C(C)NC)C1CC1. The monoisotopic (exact) mass is 250 g/mol. The van der Waals surface area contributed by atoms with Crippen molar-refractivity contribution in [2.45, 2.75) is 45.2 Å². The fraction of sp³-hybridized carbons (Fsp3) is 0.600. The third-order valence-electron chi connectivity index (χ3n) is 3.66. The van der Waals surface area contributed by atoms with Crippen LogP contribution in [0.25, 0.3) is 0 Å². The van der Waals surface area contributed by atoms with Gasteiger partial charge in [0, 0.05) is 29.9 Å². The molecule has 18 heavy (non-hydrogen) atoms. The molecule has 100 valence electrons. The second-order valence-corrected chi connectivity index (χ2v) is 5.11. The molecule has 1 aliphatic carbocycles. The van der Waals surface area contributed by atoms with Crippen LogP contribution in [0.3, 0.4) is 0 Å². The maximum atomic E-state index is 14.1. The summed E-state index contributed by atoms with van der Waals surface area (Å²) in [5.41, 5.74) is 1.88. The van der Waals surface area contributed by atoms with Crippen LogP contribution in [0.1, 0.15) is 44.7 Å². The first-order valence-corrected chi connectivity index (χ1v) is 6.91. The van der Waals surface area contributed by atoms with Crippen LogP contribution < -0.4 is 10.2 Å². The summed E-state index contributed by atoms with van der Waals surface area (Å²) in [7, 11) is 1.88. The van der Waals surface area contributed by atoms with E-state index in [1.165, 1.54) is 12.8 Å². The molecule has 1 aromatic rings. The molecule has 0 aliphatic heterocycles. The van der Waals surface area contributed by atoms with E-state index in [1.54, 1.807) is 6.07 Å². The number of hydrogen-bond donors (Lipinski definition) is 1. The summed E-state index contributed by atoms with van der Waals surface area (Å²) in [6.07, 6.45) is 3.58.